The predicted octanol–water partition coefficient (Wildman–Crippen LogP) is 4.10. The first-order valence-electron chi connectivity index (χ1n) is 5.31. The molecule has 0 fully saturated rings. The van der Waals surface area contributed by atoms with Crippen LogP contribution in [0.2, 0.25) is 5.02 Å². The fourth-order valence-electron chi connectivity index (χ4n) is 1.77. The maximum Gasteiger partial charge on any atom is 0.343 e. The lowest BCUT2D eigenvalue weighted by atomic mass is 9.97. The number of hydrogen-bond acceptors (Lipinski definition) is 1. The third-order valence-electron chi connectivity index (χ3n) is 2.59. The quantitative estimate of drug-likeness (QED) is 0.906. The van der Waals surface area contributed by atoms with Crippen molar-refractivity contribution in [1.29, 1.82) is 0 Å². The molecule has 92 valence electrons. The van der Waals surface area contributed by atoms with Crippen LogP contribution in [0.1, 0.15) is 11.7 Å². The fraction of sp³-hybridized carbons (Fsp3) is 0.0714. The number of carbonyl (C=O) groups is 1. The Bertz CT molecular complexity index is 584. The molecule has 2 aromatic rings. The summed E-state index contributed by atoms with van der Waals surface area (Å²) in [6, 6.07) is 13.4. The molecule has 2 aromatic carbocycles. The van der Waals surface area contributed by atoms with Crippen LogP contribution in [0.25, 0.3) is 11.1 Å². The van der Waals surface area contributed by atoms with E-state index in [2.05, 4.69) is 0 Å². The number of halogens is 2. The lowest BCUT2D eigenvalue weighted by Crippen LogP contribution is -2.07. The molecule has 0 aliphatic heterocycles. The lowest BCUT2D eigenvalue weighted by molar-refractivity contribution is -0.143. The number of rotatable bonds is 3. The minimum absolute atomic E-state index is 0.132. The summed E-state index contributed by atoms with van der Waals surface area (Å²) in [4.78, 5) is 10.7. The zero-order chi connectivity index (χ0) is 13.1. The van der Waals surface area contributed by atoms with Gasteiger partial charge in [0.1, 0.15) is 0 Å². The summed E-state index contributed by atoms with van der Waals surface area (Å²) in [6.45, 7) is 0. The minimum atomic E-state index is -2.04. The molecule has 1 N–H and O–H groups in total. The van der Waals surface area contributed by atoms with Gasteiger partial charge in [0.25, 0.3) is 0 Å². The van der Waals surface area contributed by atoms with Gasteiger partial charge in [-0.2, -0.15) is 0 Å². The molecule has 0 heterocycles. The van der Waals surface area contributed by atoms with Crippen LogP contribution in [-0.4, -0.2) is 11.1 Å². The van der Waals surface area contributed by atoms with Crippen molar-refractivity contribution in [2.45, 2.75) is 6.17 Å². The Morgan fingerprint density at radius 3 is 2.56 bits per heavy atom. The van der Waals surface area contributed by atoms with Gasteiger partial charge in [-0.1, -0.05) is 48.0 Å². The van der Waals surface area contributed by atoms with Crippen molar-refractivity contribution in [3.8, 4) is 11.1 Å². The molecule has 0 saturated carbocycles. The van der Waals surface area contributed by atoms with E-state index in [0.29, 0.717) is 16.1 Å². The van der Waals surface area contributed by atoms with Crippen LogP contribution in [0, 0.1) is 0 Å². The van der Waals surface area contributed by atoms with Gasteiger partial charge in [-0.25, -0.2) is 9.18 Å². The van der Waals surface area contributed by atoms with Crippen molar-refractivity contribution in [2.75, 3.05) is 0 Å². The molecule has 1 unspecified atom stereocenters. The van der Waals surface area contributed by atoms with E-state index in [-0.39, 0.29) is 5.56 Å². The SMILES string of the molecule is O=C(O)C(F)c1ccccc1-c1cccc(Cl)c1. The van der Waals surface area contributed by atoms with E-state index in [4.69, 9.17) is 16.7 Å². The number of alkyl halides is 1. The van der Waals surface area contributed by atoms with E-state index in [0.717, 1.165) is 0 Å². The second-order valence-corrected chi connectivity index (χ2v) is 4.23. The summed E-state index contributed by atoms with van der Waals surface area (Å²) in [7, 11) is 0. The Morgan fingerprint density at radius 1 is 1.17 bits per heavy atom. The van der Waals surface area contributed by atoms with Gasteiger partial charge in [-0.3, -0.25) is 0 Å². The van der Waals surface area contributed by atoms with Crippen molar-refractivity contribution in [3.63, 3.8) is 0 Å². The molecule has 0 saturated heterocycles. The molecule has 2 rings (SSSR count). The van der Waals surface area contributed by atoms with Gasteiger partial charge in [-0.05, 0) is 23.3 Å². The van der Waals surface area contributed by atoms with E-state index in [1.54, 1.807) is 42.5 Å². The number of aliphatic carboxylic acids is 1. The maximum absolute atomic E-state index is 13.7. The van der Waals surface area contributed by atoms with Crippen LogP contribution < -0.4 is 0 Å². The van der Waals surface area contributed by atoms with Crippen molar-refractivity contribution < 1.29 is 14.3 Å². The van der Waals surface area contributed by atoms with E-state index in [1.807, 2.05) is 0 Å². The molecular formula is C14H10ClFO2. The van der Waals surface area contributed by atoms with Crippen LogP contribution in [0.4, 0.5) is 4.39 Å². The van der Waals surface area contributed by atoms with Crippen molar-refractivity contribution in [1.82, 2.24) is 0 Å². The van der Waals surface area contributed by atoms with Gasteiger partial charge in [0.2, 0.25) is 6.17 Å². The fourth-order valence-corrected chi connectivity index (χ4v) is 1.96. The number of carboxylic acids is 1. The summed E-state index contributed by atoms with van der Waals surface area (Å²) in [5.41, 5.74) is 1.36. The topological polar surface area (TPSA) is 37.3 Å². The van der Waals surface area contributed by atoms with Crippen LogP contribution in [0.3, 0.4) is 0 Å². The second-order valence-electron chi connectivity index (χ2n) is 3.80. The number of benzene rings is 2. The predicted molar refractivity (Wildman–Crippen MR) is 68.4 cm³/mol. The van der Waals surface area contributed by atoms with Gasteiger partial charge in [0.05, 0.1) is 0 Å². The minimum Gasteiger partial charge on any atom is -0.479 e. The summed E-state index contributed by atoms with van der Waals surface area (Å²) in [5.74, 6) is -1.50. The highest BCUT2D eigenvalue weighted by Gasteiger charge is 2.21. The Morgan fingerprint density at radius 2 is 1.89 bits per heavy atom. The van der Waals surface area contributed by atoms with Crippen molar-refractivity contribution in [3.05, 3.63) is 59.1 Å². The first kappa shape index (κ1) is 12.6. The molecule has 2 nitrogen and oxygen atoms in total. The zero-order valence-electron chi connectivity index (χ0n) is 9.31. The monoisotopic (exact) mass is 264 g/mol. The maximum atomic E-state index is 13.7. The highest BCUT2D eigenvalue weighted by atomic mass is 35.5. The standard InChI is InChI=1S/C14H10ClFO2/c15-10-5-3-4-9(8-10)11-6-1-2-7-12(11)13(16)14(17)18/h1-8,13H,(H,17,18). The molecule has 0 radical (unpaired) electrons. The van der Waals surface area contributed by atoms with Crippen LogP contribution in [0.15, 0.2) is 48.5 Å². The van der Waals surface area contributed by atoms with Crippen molar-refractivity contribution >= 4 is 17.6 Å². The van der Waals surface area contributed by atoms with Crippen LogP contribution in [0.5, 0.6) is 0 Å². The Labute approximate surface area is 109 Å². The summed E-state index contributed by atoms with van der Waals surface area (Å²) in [6.07, 6.45) is -2.04. The first-order valence-corrected chi connectivity index (χ1v) is 5.69. The third kappa shape index (κ3) is 2.51. The van der Waals surface area contributed by atoms with Crippen molar-refractivity contribution in [2.24, 2.45) is 0 Å². The normalized spacial score (nSPS) is 12.1. The molecule has 0 amide bonds. The molecule has 18 heavy (non-hydrogen) atoms. The molecule has 4 heteroatoms. The van der Waals surface area contributed by atoms with Gasteiger partial charge in [-0.15, -0.1) is 0 Å². The van der Waals surface area contributed by atoms with E-state index < -0.39 is 12.1 Å². The largest absolute Gasteiger partial charge is 0.479 e. The van der Waals surface area contributed by atoms with Gasteiger partial charge in [0.15, 0.2) is 0 Å². The smallest absolute Gasteiger partial charge is 0.343 e. The molecule has 0 spiro atoms. The van der Waals surface area contributed by atoms with Crippen LogP contribution >= 0.6 is 11.6 Å². The van der Waals surface area contributed by atoms with Gasteiger partial charge in [0, 0.05) is 10.6 Å². The number of hydrogen-bond donors (Lipinski definition) is 1. The van der Waals surface area contributed by atoms with Crippen LogP contribution in [-0.2, 0) is 4.79 Å². The summed E-state index contributed by atoms with van der Waals surface area (Å²) >= 11 is 5.88. The second kappa shape index (κ2) is 5.19. The highest BCUT2D eigenvalue weighted by molar-refractivity contribution is 6.30. The highest BCUT2D eigenvalue weighted by Crippen LogP contribution is 2.31. The van der Waals surface area contributed by atoms with E-state index >= 15 is 0 Å². The molecule has 0 aromatic heterocycles. The molecular weight excluding hydrogens is 255 g/mol. The Balaban J connectivity index is 2.55. The third-order valence-corrected chi connectivity index (χ3v) is 2.82. The molecule has 1 atom stereocenters. The molecule has 0 bridgehead atoms. The number of carboxylic acid groups (broad SMARTS) is 1. The molecule has 0 aliphatic rings. The lowest BCUT2D eigenvalue weighted by Gasteiger charge is -2.11. The average molecular weight is 265 g/mol. The Kier molecular flexibility index (Phi) is 3.63. The summed E-state index contributed by atoms with van der Waals surface area (Å²) in [5, 5.41) is 9.28. The zero-order valence-corrected chi connectivity index (χ0v) is 10.1. The summed E-state index contributed by atoms with van der Waals surface area (Å²) < 4.78 is 13.7. The molecule has 0 aliphatic carbocycles. The van der Waals surface area contributed by atoms with Gasteiger partial charge >= 0.3 is 5.97 Å². The van der Waals surface area contributed by atoms with E-state index in [1.165, 1.54) is 6.07 Å². The Hall–Kier alpha value is -1.87. The van der Waals surface area contributed by atoms with E-state index in [9.17, 15) is 9.18 Å². The average Bonchev–Trinajstić information content (AvgIpc) is 2.38. The first-order chi connectivity index (χ1) is 8.59. The van der Waals surface area contributed by atoms with Gasteiger partial charge < -0.3 is 5.11 Å².